The zero-order valence-electron chi connectivity index (χ0n) is 12.7. The lowest BCUT2D eigenvalue weighted by Crippen LogP contribution is -2.51. The number of primary amides is 1. The van der Waals surface area contributed by atoms with Crippen molar-refractivity contribution >= 4 is 28.9 Å². The smallest absolute Gasteiger partial charge is 0.260 e. The Morgan fingerprint density at radius 1 is 1.29 bits per heavy atom. The van der Waals surface area contributed by atoms with Crippen LogP contribution in [0, 0.1) is 5.82 Å². The predicted molar refractivity (Wildman–Crippen MR) is 93.2 cm³/mol. The Hall–Kier alpha value is -2.67. The molecule has 0 fully saturated rings. The van der Waals surface area contributed by atoms with Crippen LogP contribution < -0.4 is 20.7 Å². The Balaban J connectivity index is 1.75. The van der Waals surface area contributed by atoms with Crippen LogP contribution in [0.1, 0.15) is 5.56 Å². The van der Waals surface area contributed by atoms with Gasteiger partial charge in [-0.25, -0.2) is 4.39 Å². The van der Waals surface area contributed by atoms with Gasteiger partial charge in [-0.1, -0.05) is 24.3 Å². The fraction of sp³-hybridized carbons (Fsp3) is 0.176. The standard InChI is InChI=1S/C17H16FN3O2S/c18-12-7-5-11(6-8-12)9-20-17(24)21-10-15(16(19)22)23-14-4-2-1-3-13(14)21/h1-8,15H,9-10H2,(H2,19,22)(H,20,24)/t15-/m1/s1. The van der Waals surface area contributed by atoms with Gasteiger partial charge in [0, 0.05) is 6.54 Å². The first-order chi connectivity index (χ1) is 11.5. The Morgan fingerprint density at radius 3 is 2.71 bits per heavy atom. The topological polar surface area (TPSA) is 67.6 Å². The van der Waals surface area contributed by atoms with E-state index < -0.39 is 12.0 Å². The van der Waals surface area contributed by atoms with E-state index in [1.165, 1.54) is 12.1 Å². The molecular weight excluding hydrogens is 329 g/mol. The van der Waals surface area contributed by atoms with E-state index in [9.17, 15) is 9.18 Å². The van der Waals surface area contributed by atoms with Gasteiger partial charge in [0.1, 0.15) is 11.6 Å². The number of benzene rings is 2. The Bertz CT molecular complexity index is 767. The largest absolute Gasteiger partial charge is 0.477 e. The summed E-state index contributed by atoms with van der Waals surface area (Å²) in [5.74, 6) is -0.276. The Labute approximate surface area is 144 Å². The van der Waals surface area contributed by atoms with Crippen molar-refractivity contribution in [3.63, 3.8) is 0 Å². The van der Waals surface area contributed by atoms with Gasteiger partial charge in [-0.05, 0) is 42.0 Å². The SMILES string of the molecule is NC(=O)[C@H]1CN(C(=S)NCc2ccc(F)cc2)c2ccccc2O1. The third kappa shape index (κ3) is 3.46. The minimum atomic E-state index is -0.773. The fourth-order valence-corrected chi connectivity index (χ4v) is 2.70. The molecule has 0 saturated heterocycles. The molecule has 2 aromatic rings. The van der Waals surface area contributed by atoms with Gasteiger partial charge in [0.25, 0.3) is 5.91 Å². The van der Waals surface area contributed by atoms with E-state index in [1.807, 2.05) is 18.2 Å². The van der Waals surface area contributed by atoms with Gasteiger partial charge in [0.05, 0.1) is 12.2 Å². The molecule has 1 aliphatic rings. The minimum absolute atomic E-state index is 0.238. The number of ether oxygens (including phenoxy) is 1. The molecule has 0 aromatic heterocycles. The predicted octanol–water partition coefficient (Wildman–Crippen LogP) is 1.95. The zero-order valence-corrected chi connectivity index (χ0v) is 13.6. The molecule has 3 N–H and O–H groups in total. The summed E-state index contributed by atoms with van der Waals surface area (Å²) < 4.78 is 18.6. The number of carbonyl (C=O) groups excluding carboxylic acids is 1. The molecule has 0 aliphatic carbocycles. The van der Waals surface area contributed by atoms with Gasteiger partial charge in [-0.2, -0.15) is 0 Å². The number of hydrogen-bond acceptors (Lipinski definition) is 3. The first-order valence-electron chi connectivity index (χ1n) is 7.39. The van der Waals surface area contributed by atoms with Crippen molar-refractivity contribution < 1.29 is 13.9 Å². The molecule has 2 aromatic carbocycles. The van der Waals surface area contributed by atoms with Gasteiger partial charge >= 0.3 is 0 Å². The van der Waals surface area contributed by atoms with Crippen molar-refractivity contribution in [2.45, 2.75) is 12.6 Å². The number of fused-ring (bicyclic) bond motifs is 1. The van der Waals surface area contributed by atoms with Gasteiger partial charge in [0.15, 0.2) is 11.2 Å². The maximum Gasteiger partial charge on any atom is 0.260 e. The molecule has 0 bridgehead atoms. The lowest BCUT2D eigenvalue weighted by molar-refractivity contribution is -0.124. The van der Waals surface area contributed by atoms with E-state index in [-0.39, 0.29) is 12.4 Å². The third-order valence-electron chi connectivity index (χ3n) is 3.69. The summed E-state index contributed by atoms with van der Waals surface area (Å²) in [6, 6.07) is 13.5. The highest BCUT2D eigenvalue weighted by molar-refractivity contribution is 7.80. The number of para-hydroxylation sites is 2. The molecule has 24 heavy (non-hydrogen) atoms. The number of nitrogens with zero attached hydrogens (tertiary/aromatic N) is 1. The molecule has 7 heteroatoms. The monoisotopic (exact) mass is 345 g/mol. The normalized spacial score (nSPS) is 16.0. The highest BCUT2D eigenvalue weighted by Crippen LogP contribution is 2.33. The molecule has 3 rings (SSSR count). The van der Waals surface area contributed by atoms with Crippen LogP contribution in [-0.4, -0.2) is 23.7 Å². The first kappa shape index (κ1) is 16.2. The molecular formula is C17H16FN3O2S. The van der Waals surface area contributed by atoms with Crippen LogP contribution in [0.25, 0.3) is 0 Å². The second-order valence-corrected chi connectivity index (χ2v) is 5.76. The fourth-order valence-electron chi connectivity index (χ4n) is 2.45. The summed E-state index contributed by atoms with van der Waals surface area (Å²) in [6.07, 6.45) is -0.773. The average Bonchev–Trinajstić information content (AvgIpc) is 2.60. The summed E-state index contributed by atoms with van der Waals surface area (Å²) in [7, 11) is 0. The third-order valence-corrected chi connectivity index (χ3v) is 4.06. The highest BCUT2D eigenvalue weighted by Gasteiger charge is 2.31. The van der Waals surface area contributed by atoms with Gasteiger partial charge in [0.2, 0.25) is 0 Å². The van der Waals surface area contributed by atoms with Crippen molar-refractivity contribution in [1.82, 2.24) is 5.32 Å². The van der Waals surface area contributed by atoms with Crippen LogP contribution in [-0.2, 0) is 11.3 Å². The lowest BCUT2D eigenvalue weighted by Gasteiger charge is -2.35. The summed E-state index contributed by atoms with van der Waals surface area (Å²) in [5, 5.41) is 3.56. The number of halogens is 1. The number of amides is 1. The molecule has 1 amide bonds. The highest BCUT2D eigenvalue weighted by atomic mass is 32.1. The van der Waals surface area contributed by atoms with Crippen molar-refractivity contribution in [3.8, 4) is 5.75 Å². The van der Waals surface area contributed by atoms with Crippen molar-refractivity contribution in [3.05, 3.63) is 59.9 Å². The summed E-state index contributed by atoms with van der Waals surface area (Å²) >= 11 is 5.45. The van der Waals surface area contributed by atoms with E-state index in [1.54, 1.807) is 23.1 Å². The van der Waals surface area contributed by atoms with E-state index in [0.29, 0.717) is 17.4 Å². The van der Waals surface area contributed by atoms with Crippen molar-refractivity contribution in [2.24, 2.45) is 5.73 Å². The quantitative estimate of drug-likeness (QED) is 0.833. The van der Waals surface area contributed by atoms with Crippen LogP contribution in [0.2, 0.25) is 0 Å². The Kier molecular flexibility index (Phi) is 4.61. The number of hydrogen-bond donors (Lipinski definition) is 2. The molecule has 1 atom stereocenters. The number of nitrogens with two attached hydrogens (primary N) is 1. The molecule has 5 nitrogen and oxygen atoms in total. The van der Waals surface area contributed by atoms with Crippen LogP contribution in [0.5, 0.6) is 5.75 Å². The van der Waals surface area contributed by atoms with Gasteiger partial charge < -0.3 is 20.7 Å². The summed E-state index contributed by atoms with van der Waals surface area (Å²) in [5.41, 5.74) is 7.04. The second-order valence-electron chi connectivity index (χ2n) is 5.37. The molecule has 1 heterocycles. The van der Waals surface area contributed by atoms with Crippen molar-refractivity contribution in [2.75, 3.05) is 11.4 Å². The molecule has 0 radical (unpaired) electrons. The van der Waals surface area contributed by atoms with Crippen LogP contribution >= 0.6 is 12.2 Å². The van der Waals surface area contributed by atoms with Crippen LogP contribution in [0.3, 0.4) is 0 Å². The van der Waals surface area contributed by atoms with E-state index in [0.717, 1.165) is 11.3 Å². The first-order valence-corrected chi connectivity index (χ1v) is 7.80. The zero-order chi connectivity index (χ0) is 17.1. The molecule has 0 unspecified atom stereocenters. The summed E-state index contributed by atoms with van der Waals surface area (Å²) in [4.78, 5) is 13.3. The average molecular weight is 345 g/mol. The van der Waals surface area contributed by atoms with E-state index in [2.05, 4.69) is 5.32 Å². The Morgan fingerprint density at radius 2 is 2.00 bits per heavy atom. The summed E-state index contributed by atoms with van der Waals surface area (Å²) in [6.45, 7) is 0.682. The molecule has 124 valence electrons. The van der Waals surface area contributed by atoms with E-state index in [4.69, 9.17) is 22.7 Å². The number of carbonyl (C=O) groups is 1. The van der Waals surface area contributed by atoms with Gasteiger partial charge in [-0.3, -0.25) is 4.79 Å². The second kappa shape index (κ2) is 6.84. The van der Waals surface area contributed by atoms with Crippen LogP contribution in [0.4, 0.5) is 10.1 Å². The number of thiocarbonyl (C=S) groups is 1. The van der Waals surface area contributed by atoms with Gasteiger partial charge in [-0.15, -0.1) is 0 Å². The van der Waals surface area contributed by atoms with E-state index >= 15 is 0 Å². The minimum Gasteiger partial charge on any atom is -0.477 e. The maximum atomic E-state index is 12.9. The number of anilines is 1. The maximum absolute atomic E-state index is 12.9. The molecule has 0 saturated carbocycles. The molecule has 1 aliphatic heterocycles. The number of nitrogens with one attached hydrogen (secondary N) is 1. The number of rotatable bonds is 3. The lowest BCUT2D eigenvalue weighted by atomic mass is 10.2. The van der Waals surface area contributed by atoms with Crippen LogP contribution in [0.15, 0.2) is 48.5 Å². The van der Waals surface area contributed by atoms with Crippen molar-refractivity contribution in [1.29, 1.82) is 0 Å². The molecule has 0 spiro atoms.